The number of rotatable bonds is 5. The zero-order chi connectivity index (χ0) is 18.6. The molecule has 8 heteroatoms. The van der Waals surface area contributed by atoms with Crippen LogP contribution in [0.15, 0.2) is 30.3 Å². The number of carbonyl (C=O) groups is 1. The number of nitrogens with zero attached hydrogens (tertiary/aromatic N) is 4. The molecule has 3 heterocycles. The van der Waals surface area contributed by atoms with E-state index in [1.54, 1.807) is 11.8 Å². The molecule has 0 spiro atoms. The van der Waals surface area contributed by atoms with Gasteiger partial charge in [-0.05, 0) is 25.3 Å². The Labute approximate surface area is 176 Å². The summed E-state index contributed by atoms with van der Waals surface area (Å²) in [6.07, 6.45) is 1.96. The van der Waals surface area contributed by atoms with Crippen LogP contribution in [-0.4, -0.2) is 50.5 Å². The number of fused-ring (bicyclic) bond motifs is 1. The van der Waals surface area contributed by atoms with E-state index in [0.717, 1.165) is 63.0 Å². The minimum atomic E-state index is -0.00585. The number of aromatic nitrogens is 3. The molecule has 1 aromatic heterocycles. The Morgan fingerprint density at radius 2 is 1.96 bits per heavy atom. The topological polar surface area (TPSA) is 63.1 Å². The average molecular weight is 422 g/mol. The second-order valence-corrected chi connectivity index (χ2v) is 8.67. The summed E-state index contributed by atoms with van der Waals surface area (Å²) in [6.45, 7) is 6.40. The Bertz CT molecular complexity index is 776. The third kappa shape index (κ3) is 4.70. The van der Waals surface area contributed by atoms with Crippen LogP contribution < -0.4 is 5.32 Å². The number of piperidine rings is 1. The molecule has 1 amide bonds. The minimum absolute atomic E-state index is 0. The molecule has 0 bridgehead atoms. The summed E-state index contributed by atoms with van der Waals surface area (Å²) in [7, 11) is 0. The Morgan fingerprint density at radius 3 is 2.71 bits per heavy atom. The van der Waals surface area contributed by atoms with Crippen molar-refractivity contribution in [2.45, 2.75) is 49.8 Å². The molecular formula is C20H28ClN5OS. The van der Waals surface area contributed by atoms with Crippen LogP contribution in [0, 0.1) is 0 Å². The Hall–Kier alpha value is -1.57. The number of hydrogen-bond acceptors (Lipinski definition) is 5. The summed E-state index contributed by atoms with van der Waals surface area (Å²) >= 11 is 1.72. The van der Waals surface area contributed by atoms with Gasteiger partial charge in [-0.2, -0.15) is 0 Å². The highest BCUT2D eigenvalue weighted by Gasteiger charge is 2.30. The van der Waals surface area contributed by atoms with Crippen molar-refractivity contribution in [2.24, 2.45) is 0 Å². The number of thioether (sulfide) groups is 1. The number of hydrogen-bond donors (Lipinski definition) is 1. The molecule has 0 saturated carbocycles. The molecule has 2 aliphatic rings. The van der Waals surface area contributed by atoms with Gasteiger partial charge in [0.2, 0.25) is 5.91 Å². The molecule has 6 nitrogen and oxygen atoms in total. The van der Waals surface area contributed by atoms with Crippen molar-refractivity contribution < 1.29 is 4.79 Å². The predicted octanol–water partition coefficient (Wildman–Crippen LogP) is 2.83. The van der Waals surface area contributed by atoms with Crippen LogP contribution in [0.1, 0.15) is 42.9 Å². The van der Waals surface area contributed by atoms with Gasteiger partial charge >= 0.3 is 0 Å². The average Bonchev–Trinajstić information content (AvgIpc) is 3.16. The van der Waals surface area contributed by atoms with E-state index in [0.29, 0.717) is 5.92 Å². The van der Waals surface area contributed by atoms with Crippen molar-refractivity contribution in [3.05, 3.63) is 47.5 Å². The van der Waals surface area contributed by atoms with Crippen molar-refractivity contribution in [1.82, 2.24) is 25.0 Å². The highest BCUT2D eigenvalue weighted by Crippen LogP contribution is 2.29. The van der Waals surface area contributed by atoms with Crippen LogP contribution in [0.3, 0.4) is 0 Å². The van der Waals surface area contributed by atoms with E-state index in [1.165, 1.54) is 5.56 Å². The maximum atomic E-state index is 12.8. The lowest BCUT2D eigenvalue weighted by molar-refractivity contribution is -0.131. The summed E-state index contributed by atoms with van der Waals surface area (Å²) in [4.78, 5) is 14.8. The van der Waals surface area contributed by atoms with Crippen LogP contribution in [0.2, 0.25) is 0 Å². The monoisotopic (exact) mass is 421 g/mol. The van der Waals surface area contributed by atoms with Crippen molar-refractivity contribution >= 4 is 30.1 Å². The first-order chi connectivity index (χ1) is 13.2. The van der Waals surface area contributed by atoms with E-state index in [4.69, 9.17) is 0 Å². The van der Waals surface area contributed by atoms with Crippen LogP contribution in [0.5, 0.6) is 0 Å². The molecule has 0 aliphatic carbocycles. The molecule has 28 heavy (non-hydrogen) atoms. The molecule has 152 valence electrons. The SMILES string of the molecule is CC(SCc1ccccc1)C(=O)N1CCC(c2nnc3n2CCNC3)CC1.Cl. The van der Waals surface area contributed by atoms with Gasteiger partial charge in [-0.15, -0.1) is 34.4 Å². The fourth-order valence-electron chi connectivity index (χ4n) is 3.90. The summed E-state index contributed by atoms with van der Waals surface area (Å²) < 4.78 is 2.27. The van der Waals surface area contributed by atoms with Gasteiger partial charge in [0.15, 0.2) is 0 Å². The van der Waals surface area contributed by atoms with Gasteiger partial charge in [0, 0.05) is 37.8 Å². The lowest BCUT2D eigenvalue weighted by atomic mass is 9.95. The molecule has 4 rings (SSSR count). The second kappa shape index (κ2) is 9.76. The van der Waals surface area contributed by atoms with Crippen molar-refractivity contribution in [3.8, 4) is 0 Å². The molecule has 2 aromatic rings. The predicted molar refractivity (Wildman–Crippen MR) is 115 cm³/mol. The van der Waals surface area contributed by atoms with E-state index in [1.807, 2.05) is 30.0 Å². The standard InChI is InChI=1S/C20H27N5OS.ClH/c1-15(27-14-16-5-3-2-4-6-16)20(26)24-10-7-17(8-11-24)19-23-22-18-13-21-9-12-25(18)19;/h2-6,15,17,21H,7-14H2,1H3;1H. The zero-order valence-corrected chi connectivity index (χ0v) is 17.8. The second-order valence-electron chi connectivity index (χ2n) is 7.34. The first-order valence-corrected chi connectivity index (χ1v) is 10.8. The molecule has 1 N–H and O–H groups in total. The molecule has 1 fully saturated rings. The number of halogens is 1. The molecule has 0 radical (unpaired) electrons. The summed E-state index contributed by atoms with van der Waals surface area (Å²) in [5, 5.41) is 12.1. The fraction of sp³-hybridized carbons (Fsp3) is 0.550. The van der Waals surface area contributed by atoms with Crippen molar-refractivity contribution in [2.75, 3.05) is 19.6 Å². The highest BCUT2D eigenvalue weighted by atomic mass is 35.5. The van der Waals surface area contributed by atoms with E-state index < -0.39 is 0 Å². The van der Waals surface area contributed by atoms with Crippen LogP contribution in [-0.2, 0) is 23.6 Å². The fourth-order valence-corrected chi connectivity index (χ4v) is 4.83. The van der Waals surface area contributed by atoms with Gasteiger partial charge in [-0.25, -0.2) is 0 Å². The largest absolute Gasteiger partial charge is 0.342 e. The first kappa shape index (κ1) is 21.1. The molecule has 1 saturated heterocycles. The number of amides is 1. The number of carbonyl (C=O) groups excluding carboxylic acids is 1. The summed E-state index contributed by atoms with van der Waals surface area (Å²) in [5.74, 6) is 3.72. The summed E-state index contributed by atoms with van der Waals surface area (Å²) in [5.41, 5.74) is 1.27. The van der Waals surface area contributed by atoms with E-state index in [9.17, 15) is 4.79 Å². The summed E-state index contributed by atoms with van der Waals surface area (Å²) in [6, 6.07) is 10.4. The van der Waals surface area contributed by atoms with Gasteiger partial charge in [-0.1, -0.05) is 30.3 Å². The zero-order valence-electron chi connectivity index (χ0n) is 16.2. The van der Waals surface area contributed by atoms with Crippen molar-refractivity contribution in [1.29, 1.82) is 0 Å². The van der Waals surface area contributed by atoms with E-state index in [-0.39, 0.29) is 23.6 Å². The van der Waals surface area contributed by atoms with Gasteiger partial charge < -0.3 is 14.8 Å². The van der Waals surface area contributed by atoms with Gasteiger partial charge in [0.05, 0.1) is 11.8 Å². The third-order valence-electron chi connectivity index (χ3n) is 5.51. The van der Waals surface area contributed by atoms with Gasteiger partial charge in [0.1, 0.15) is 11.6 Å². The normalized spacial score (nSPS) is 18.2. The van der Waals surface area contributed by atoms with Crippen molar-refractivity contribution in [3.63, 3.8) is 0 Å². The maximum absolute atomic E-state index is 12.8. The van der Waals surface area contributed by atoms with Gasteiger partial charge in [-0.3, -0.25) is 4.79 Å². The van der Waals surface area contributed by atoms with E-state index >= 15 is 0 Å². The molecule has 1 atom stereocenters. The Morgan fingerprint density at radius 1 is 1.21 bits per heavy atom. The maximum Gasteiger partial charge on any atom is 0.235 e. The van der Waals surface area contributed by atoms with Gasteiger partial charge in [0.25, 0.3) is 0 Å². The van der Waals surface area contributed by atoms with Crippen LogP contribution >= 0.6 is 24.2 Å². The van der Waals surface area contributed by atoms with Crippen LogP contribution in [0.4, 0.5) is 0 Å². The smallest absolute Gasteiger partial charge is 0.235 e. The first-order valence-electron chi connectivity index (χ1n) is 9.79. The quantitative estimate of drug-likeness (QED) is 0.804. The lowest BCUT2D eigenvalue weighted by Gasteiger charge is -2.33. The Balaban J connectivity index is 0.00000225. The van der Waals surface area contributed by atoms with E-state index in [2.05, 4.69) is 32.2 Å². The highest BCUT2D eigenvalue weighted by molar-refractivity contribution is 7.99. The molecular weight excluding hydrogens is 394 g/mol. The third-order valence-corrected chi connectivity index (χ3v) is 6.72. The van der Waals surface area contributed by atoms with Crippen LogP contribution in [0.25, 0.3) is 0 Å². The number of benzene rings is 1. The number of nitrogens with one attached hydrogen (secondary N) is 1. The number of likely N-dealkylation sites (tertiary alicyclic amines) is 1. The molecule has 1 aromatic carbocycles. The molecule has 2 aliphatic heterocycles. The Kier molecular flexibility index (Phi) is 7.37. The molecule has 1 unspecified atom stereocenters. The minimum Gasteiger partial charge on any atom is -0.342 e. The lowest BCUT2D eigenvalue weighted by Crippen LogP contribution is -2.42.